The summed E-state index contributed by atoms with van der Waals surface area (Å²) in [5, 5.41) is 4.81. The highest BCUT2D eigenvalue weighted by atomic mass is 35.5. The number of amides is 2. The molecule has 0 aromatic heterocycles. The number of rotatable bonds is 6. The summed E-state index contributed by atoms with van der Waals surface area (Å²) in [7, 11) is 0. The fourth-order valence-electron chi connectivity index (χ4n) is 2.86. The van der Waals surface area contributed by atoms with Gasteiger partial charge in [0.05, 0.1) is 34.6 Å². The van der Waals surface area contributed by atoms with Gasteiger partial charge in [-0.15, -0.1) is 0 Å². The molecule has 158 valence electrons. The molecule has 1 aromatic rings. The molecule has 0 heterocycles. The zero-order chi connectivity index (χ0) is 21.6. The van der Waals surface area contributed by atoms with E-state index in [1.165, 1.54) is 0 Å². The molecule has 7 nitrogen and oxygen atoms in total. The molecule has 2 N–H and O–H groups in total. The van der Waals surface area contributed by atoms with E-state index in [2.05, 4.69) is 10.6 Å². The minimum Gasteiger partial charge on any atom is -0.463 e. The fourth-order valence-corrected chi connectivity index (χ4v) is 3.08. The molecule has 0 saturated carbocycles. The van der Waals surface area contributed by atoms with Crippen molar-refractivity contribution in [1.29, 1.82) is 0 Å². The van der Waals surface area contributed by atoms with Crippen LogP contribution in [0.2, 0.25) is 5.02 Å². The lowest BCUT2D eigenvalue weighted by molar-refractivity contribution is -0.138. The molecule has 1 aromatic carbocycles. The van der Waals surface area contributed by atoms with Crippen LogP contribution in [0.1, 0.15) is 56.8 Å². The third-order valence-electron chi connectivity index (χ3n) is 4.12. The first-order valence-corrected chi connectivity index (χ1v) is 9.77. The average Bonchev–Trinajstić information content (AvgIpc) is 2.63. The number of allylic oxidation sites excluding steroid dienone is 1. The van der Waals surface area contributed by atoms with E-state index in [9.17, 15) is 18.8 Å². The van der Waals surface area contributed by atoms with Crippen molar-refractivity contribution in [2.75, 3.05) is 11.9 Å². The number of nitrogens with one attached hydrogen (secondary N) is 2. The minimum absolute atomic E-state index is 0.0684. The van der Waals surface area contributed by atoms with Crippen molar-refractivity contribution < 1.29 is 28.2 Å². The topological polar surface area (TPSA) is 93.7 Å². The summed E-state index contributed by atoms with van der Waals surface area (Å²) in [6, 6.07) is 1.30. The van der Waals surface area contributed by atoms with Crippen molar-refractivity contribution in [1.82, 2.24) is 5.32 Å². The lowest BCUT2D eigenvalue weighted by Crippen LogP contribution is -2.32. The van der Waals surface area contributed by atoms with Crippen molar-refractivity contribution in [3.8, 4) is 0 Å². The Morgan fingerprint density at radius 3 is 2.48 bits per heavy atom. The van der Waals surface area contributed by atoms with Crippen LogP contribution in [0.25, 0.3) is 0 Å². The Bertz CT molecular complexity index is 838. The van der Waals surface area contributed by atoms with Crippen LogP contribution >= 0.6 is 11.6 Å². The lowest BCUT2D eigenvalue weighted by Gasteiger charge is -2.20. The van der Waals surface area contributed by atoms with Crippen LogP contribution in [0.3, 0.4) is 0 Å². The third kappa shape index (κ3) is 6.19. The number of esters is 2. The van der Waals surface area contributed by atoms with Gasteiger partial charge in [-0.25, -0.2) is 18.8 Å². The standard InChI is InChI=1S/C20H24ClFN2O5/c1-4-28-18(25)12-7-5-6-8-16(12)23-20(27)24-17-9-13(14(21)10-15(17)22)19(26)29-11(2)3/h9-11H,4-8H2,1-3H3,(H2,23,24,27). The van der Waals surface area contributed by atoms with E-state index in [1.807, 2.05) is 0 Å². The number of anilines is 1. The number of halogens is 2. The zero-order valence-electron chi connectivity index (χ0n) is 16.6. The molecule has 0 aliphatic heterocycles. The Morgan fingerprint density at radius 1 is 1.14 bits per heavy atom. The molecule has 0 saturated heterocycles. The number of benzene rings is 1. The summed E-state index contributed by atoms with van der Waals surface area (Å²) in [5.41, 5.74) is 0.546. The average molecular weight is 427 g/mol. The predicted octanol–water partition coefficient (Wildman–Crippen LogP) is 4.56. The second kappa shape index (κ2) is 10.2. The maximum atomic E-state index is 14.2. The molecule has 29 heavy (non-hydrogen) atoms. The molecule has 2 rings (SSSR count). The summed E-state index contributed by atoms with van der Waals surface area (Å²) in [6.07, 6.45) is 2.22. The number of ether oxygens (including phenoxy) is 2. The van der Waals surface area contributed by atoms with Crippen LogP contribution < -0.4 is 10.6 Å². The molecule has 0 radical (unpaired) electrons. The Hall–Kier alpha value is -2.61. The number of hydrogen-bond acceptors (Lipinski definition) is 5. The van der Waals surface area contributed by atoms with Crippen LogP contribution in [0.4, 0.5) is 14.9 Å². The van der Waals surface area contributed by atoms with E-state index in [4.69, 9.17) is 21.1 Å². The molecule has 0 bridgehead atoms. The summed E-state index contributed by atoms with van der Waals surface area (Å²) < 4.78 is 24.3. The van der Waals surface area contributed by atoms with Gasteiger partial charge in [0.2, 0.25) is 0 Å². The quantitative estimate of drug-likeness (QED) is 0.650. The molecular formula is C20H24ClFN2O5. The fraction of sp³-hybridized carbons (Fsp3) is 0.450. The van der Waals surface area contributed by atoms with Gasteiger partial charge in [0.1, 0.15) is 5.82 Å². The molecule has 9 heteroatoms. The van der Waals surface area contributed by atoms with E-state index in [-0.39, 0.29) is 29.0 Å². The second-order valence-electron chi connectivity index (χ2n) is 6.73. The first-order valence-electron chi connectivity index (χ1n) is 9.40. The second-order valence-corrected chi connectivity index (χ2v) is 7.14. The van der Waals surface area contributed by atoms with Crippen molar-refractivity contribution in [3.05, 3.63) is 39.8 Å². The molecular weight excluding hydrogens is 403 g/mol. The van der Waals surface area contributed by atoms with Crippen molar-refractivity contribution in [2.24, 2.45) is 0 Å². The monoisotopic (exact) mass is 426 g/mol. The van der Waals surface area contributed by atoms with Crippen molar-refractivity contribution in [2.45, 2.75) is 52.6 Å². The Kier molecular flexibility index (Phi) is 8.01. The van der Waals surface area contributed by atoms with Gasteiger partial charge in [-0.3, -0.25) is 0 Å². The molecule has 2 amide bonds. The highest BCUT2D eigenvalue weighted by Crippen LogP contribution is 2.27. The maximum Gasteiger partial charge on any atom is 0.339 e. The lowest BCUT2D eigenvalue weighted by atomic mass is 9.96. The van der Waals surface area contributed by atoms with Gasteiger partial charge in [-0.1, -0.05) is 11.6 Å². The van der Waals surface area contributed by atoms with Gasteiger partial charge >= 0.3 is 18.0 Å². The van der Waals surface area contributed by atoms with Crippen LogP contribution in [0, 0.1) is 5.82 Å². The van der Waals surface area contributed by atoms with E-state index < -0.39 is 23.8 Å². The number of carbonyl (C=O) groups excluding carboxylic acids is 3. The molecule has 1 aliphatic carbocycles. The van der Waals surface area contributed by atoms with Gasteiger partial charge in [0, 0.05) is 5.70 Å². The normalized spacial score (nSPS) is 13.9. The highest BCUT2D eigenvalue weighted by Gasteiger charge is 2.23. The van der Waals surface area contributed by atoms with Crippen molar-refractivity contribution >= 4 is 35.3 Å². The van der Waals surface area contributed by atoms with Gasteiger partial charge in [-0.05, 0) is 58.6 Å². The number of carbonyl (C=O) groups is 3. The first-order chi connectivity index (χ1) is 13.7. The van der Waals surface area contributed by atoms with Gasteiger partial charge in [0.15, 0.2) is 0 Å². The Labute approximate surface area is 173 Å². The summed E-state index contributed by atoms with van der Waals surface area (Å²) in [6.45, 7) is 5.27. The summed E-state index contributed by atoms with van der Waals surface area (Å²) in [5.74, 6) is -2.01. The van der Waals surface area contributed by atoms with Crippen LogP contribution in [0.5, 0.6) is 0 Å². The van der Waals surface area contributed by atoms with Crippen molar-refractivity contribution in [3.63, 3.8) is 0 Å². The van der Waals surface area contributed by atoms with Crippen LogP contribution in [0.15, 0.2) is 23.4 Å². The van der Waals surface area contributed by atoms with Gasteiger partial charge < -0.3 is 20.1 Å². The predicted molar refractivity (Wildman–Crippen MR) is 106 cm³/mol. The van der Waals surface area contributed by atoms with Gasteiger partial charge in [-0.2, -0.15) is 0 Å². The molecule has 0 atom stereocenters. The molecule has 1 aliphatic rings. The molecule has 0 spiro atoms. The minimum atomic E-state index is -0.811. The largest absolute Gasteiger partial charge is 0.463 e. The smallest absolute Gasteiger partial charge is 0.339 e. The van der Waals surface area contributed by atoms with E-state index in [1.54, 1.807) is 20.8 Å². The first kappa shape index (κ1) is 22.7. The van der Waals surface area contributed by atoms with Crippen LogP contribution in [-0.2, 0) is 14.3 Å². The van der Waals surface area contributed by atoms with Gasteiger partial charge in [0.25, 0.3) is 0 Å². The van der Waals surface area contributed by atoms with E-state index in [0.29, 0.717) is 24.1 Å². The van der Waals surface area contributed by atoms with E-state index in [0.717, 1.165) is 25.0 Å². The maximum absolute atomic E-state index is 14.2. The highest BCUT2D eigenvalue weighted by molar-refractivity contribution is 6.33. The zero-order valence-corrected chi connectivity index (χ0v) is 17.3. The summed E-state index contributed by atoms with van der Waals surface area (Å²) in [4.78, 5) is 36.6. The number of urea groups is 1. The Balaban J connectivity index is 2.19. The Morgan fingerprint density at radius 2 is 1.83 bits per heavy atom. The van der Waals surface area contributed by atoms with E-state index >= 15 is 0 Å². The SMILES string of the molecule is CCOC(=O)C1=C(NC(=O)Nc2cc(C(=O)OC(C)C)c(Cl)cc2F)CCCC1. The molecule has 0 unspecified atom stereocenters. The number of hydrogen-bond donors (Lipinski definition) is 2. The molecule has 0 fully saturated rings. The third-order valence-corrected chi connectivity index (χ3v) is 4.43. The summed E-state index contributed by atoms with van der Waals surface area (Å²) >= 11 is 5.93. The van der Waals surface area contributed by atoms with Crippen LogP contribution in [-0.4, -0.2) is 30.7 Å².